The summed E-state index contributed by atoms with van der Waals surface area (Å²) >= 11 is 5.57. The van der Waals surface area contributed by atoms with Crippen LogP contribution in [0.5, 0.6) is 0 Å². The predicted molar refractivity (Wildman–Crippen MR) is 35.5 cm³/mol. The van der Waals surface area contributed by atoms with E-state index in [4.69, 9.17) is 17.3 Å². The van der Waals surface area contributed by atoms with Gasteiger partial charge in [0.2, 0.25) is 5.88 Å². The van der Waals surface area contributed by atoms with Crippen LogP contribution in [0, 0.1) is 0 Å². The third-order valence-corrected chi connectivity index (χ3v) is 1.25. The Balaban J connectivity index is 3.04. The van der Waals surface area contributed by atoms with E-state index < -0.39 is 0 Å². The van der Waals surface area contributed by atoms with Crippen molar-refractivity contribution in [2.24, 2.45) is 0 Å². The summed E-state index contributed by atoms with van der Waals surface area (Å²) in [6, 6.07) is 0. The van der Waals surface area contributed by atoms with Crippen molar-refractivity contribution in [1.82, 2.24) is 5.16 Å². The fourth-order valence-electron chi connectivity index (χ4n) is 0.447. The summed E-state index contributed by atoms with van der Waals surface area (Å²) in [7, 11) is 1.67. The van der Waals surface area contributed by atoms with Gasteiger partial charge in [-0.1, -0.05) is 16.8 Å². The molecular formula is C4H6ClN3O. The third kappa shape index (κ3) is 0.929. The van der Waals surface area contributed by atoms with Gasteiger partial charge in [0.1, 0.15) is 5.02 Å². The molecule has 50 valence electrons. The first-order valence-corrected chi connectivity index (χ1v) is 2.72. The Bertz CT molecular complexity index is 210. The smallest absolute Gasteiger partial charge is 0.245 e. The summed E-state index contributed by atoms with van der Waals surface area (Å²) < 4.78 is 4.63. The van der Waals surface area contributed by atoms with Gasteiger partial charge in [-0.2, -0.15) is 0 Å². The Morgan fingerprint density at radius 1 is 1.78 bits per heavy atom. The monoisotopic (exact) mass is 147 g/mol. The van der Waals surface area contributed by atoms with Crippen LogP contribution in [0.3, 0.4) is 0 Å². The molecule has 0 aliphatic carbocycles. The van der Waals surface area contributed by atoms with Gasteiger partial charge in [0, 0.05) is 7.05 Å². The predicted octanol–water partition coefficient (Wildman–Crippen LogP) is 0.952. The van der Waals surface area contributed by atoms with Gasteiger partial charge in [-0.3, -0.25) is 0 Å². The molecule has 4 nitrogen and oxygen atoms in total. The Hall–Kier alpha value is -0.900. The zero-order valence-corrected chi connectivity index (χ0v) is 5.57. The highest BCUT2D eigenvalue weighted by atomic mass is 35.5. The number of nitrogens with one attached hydrogen (secondary N) is 1. The van der Waals surface area contributed by atoms with Crippen molar-refractivity contribution in [3.63, 3.8) is 0 Å². The van der Waals surface area contributed by atoms with Crippen LogP contribution in [0.25, 0.3) is 0 Å². The van der Waals surface area contributed by atoms with Crippen molar-refractivity contribution in [1.29, 1.82) is 0 Å². The molecular weight excluding hydrogens is 142 g/mol. The topological polar surface area (TPSA) is 64.1 Å². The van der Waals surface area contributed by atoms with Crippen LogP contribution in [0.4, 0.5) is 11.7 Å². The minimum absolute atomic E-state index is 0.209. The van der Waals surface area contributed by atoms with Crippen molar-refractivity contribution in [2.75, 3.05) is 18.1 Å². The summed E-state index contributed by atoms with van der Waals surface area (Å²) in [6.07, 6.45) is 0. The van der Waals surface area contributed by atoms with Crippen LogP contribution in [0.1, 0.15) is 0 Å². The third-order valence-electron chi connectivity index (χ3n) is 0.887. The van der Waals surface area contributed by atoms with E-state index in [9.17, 15) is 0 Å². The molecule has 1 aromatic heterocycles. The number of anilines is 2. The van der Waals surface area contributed by atoms with Crippen molar-refractivity contribution in [3.05, 3.63) is 5.02 Å². The summed E-state index contributed by atoms with van der Waals surface area (Å²) in [4.78, 5) is 0. The van der Waals surface area contributed by atoms with Crippen LogP contribution in [0.15, 0.2) is 4.52 Å². The molecule has 0 aliphatic rings. The molecule has 1 rings (SSSR count). The van der Waals surface area contributed by atoms with Gasteiger partial charge in [-0.05, 0) is 0 Å². The van der Waals surface area contributed by atoms with Crippen molar-refractivity contribution >= 4 is 23.3 Å². The number of hydrogen-bond donors (Lipinski definition) is 2. The van der Waals surface area contributed by atoms with E-state index >= 15 is 0 Å². The molecule has 0 bridgehead atoms. The first-order valence-electron chi connectivity index (χ1n) is 2.34. The molecule has 1 aromatic rings. The van der Waals surface area contributed by atoms with Crippen LogP contribution in [0.2, 0.25) is 5.02 Å². The standard InChI is InChI=1S/C4H6ClN3O/c1-7-4-2(5)3(6)8-9-4/h7H,1H3,(H2,6,8). The molecule has 0 unspecified atom stereocenters. The number of aromatic nitrogens is 1. The lowest BCUT2D eigenvalue weighted by Crippen LogP contribution is -1.86. The van der Waals surface area contributed by atoms with Gasteiger partial charge in [-0.15, -0.1) is 0 Å². The van der Waals surface area contributed by atoms with Crippen molar-refractivity contribution in [2.45, 2.75) is 0 Å². The number of halogens is 1. The summed E-state index contributed by atoms with van der Waals surface area (Å²) in [5.41, 5.74) is 5.24. The Morgan fingerprint density at radius 3 is 2.67 bits per heavy atom. The van der Waals surface area contributed by atoms with E-state index in [0.29, 0.717) is 10.9 Å². The number of rotatable bonds is 1. The van der Waals surface area contributed by atoms with Crippen LogP contribution >= 0.6 is 11.6 Å². The second-order valence-corrected chi connectivity index (χ2v) is 1.84. The van der Waals surface area contributed by atoms with Gasteiger partial charge >= 0.3 is 0 Å². The molecule has 0 saturated carbocycles. The number of nitrogen functional groups attached to an aromatic ring is 1. The maximum absolute atomic E-state index is 5.57. The Labute approximate surface area is 57.0 Å². The lowest BCUT2D eigenvalue weighted by Gasteiger charge is -1.87. The maximum atomic E-state index is 5.57. The minimum Gasteiger partial charge on any atom is -0.380 e. The van der Waals surface area contributed by atoms with Gasteiger partial charge in [0.25, 0.3) is 0 Å². The highest BCUT2D eigenvalue weighted by Gasteiger charge is 2.07. The highest BCUT2D eigenvalue weighted by molar-refractivity contribution is 6.35. The van der Waals surface area contributed by atoms with E-state index in [2.05, 4.69) is 15.0 Å². The molecule has 5 heteroatoms. The maximum Gasteiger partial charge on any atom is 0.245 e. The van der Waals surface area contributed by atoms with Gasteiger partial charge in [0.05, 0.1) is 0 Å². The molecule has 0 atom stereocenters. The average Bonchev–Trinajstić information content (AvgIpc) is 2.15. The number of hydrogen-bond acceptors (Lipinski definition) is 4. The number of nitrogens with zero attached hydrogens (tertiary/aromatic N) is 1. The van der Waals surface area contributed by atoms with Gasteiger partial charge < -0.3 is 15.6 Å². The second kappa shape index (κ2) is 2.14. The molecule has 3 N–H and O–H groups in total. The molecule has 0 fully saturated rings. The van der Waals surface area contributed by atoms with E-state index in [1.165, 1.54) is 0 Å². The summed E-state index contributed by atoms with van der Waals surface area (Å²) in [6.45, 7) is 0. The average molecular weight is 148 g/mol. The van der Waals surface area contributed by atoms with E-state index in [-0.39, 0.29) is 5.82 Å². The Kier molecular flexibility index (Phi) is 1.48. The first kappa shape index (κ1) is 6.22. The fraction of sp³-hybridized carbons (Fsp3) is 0.250. The lowest BCUT2D eigenvalue weighted by molar-refractivity contribution is 0.437. The van der Waals surface area contributed by atoms with E-state index in [1.807, 2.05) is 0 Å². The summed E-state index contributed by atoms with van der Waals surface area (Å²) in [5, 5.41) is 6.40. The molecule has 0 radical (unpaired) electrons. The SMILES string of the molecule is CNc1onc(N)c1Cl. The van der Waals surface area contributed by atoms with Crippen LogP contribution in [-0.2, 0) is 0 Å². The minimum atomic E-state index is 0.209. The van der Waals surface area contributed by atoms with Crippen molar-refractivity contribution < 1.29 is 4.52 Å². The zero-order chi connectivity index (χ0) is 6.85. The quantitative estimate of drug-likeness (QED) is 0.621. The normalized spacial score (nSPS) is 9.56. The molecule has 0 spiro atoms. The van der Waals surface area contributed by atoms with Gasteiger partial charge in [-0.25, -0.2) is 0 Å². The fourth-order valence-corrected chi connectivity index (χ4v) is 0.610. The highest BCUT2D eigenvalue weighted by Crippen LogP contribution is 2.26. The number of nitrogens with two attached hydrogens (primary N) is 1. The van der Waals surface area contributed by atoms with Crippen LogP contribution in [-0.4, -0.2) is 12.2 Å². The summed E-state index contributed by atoms with van der Waals surface area (Å²) in [5.74, 6) is 0.607. The largest absolute Gasteiger partial charge is 0.380 e. The first-order chi connectivity index (χ1) is 4.25. The zero-order valence-electron chi connectivity index (χ0n) is 4.81. The van der Waals surface area contributed by atoms with Gasteiger partial charge in [0.15, 0.2) is 5.82 Å². The molecule has 9 heavy (non-hydrogen) atoms. The molecule has 0 aliphatic heterocycles. The van der Waals surface area contributed by atoms with Crippen LogP contribution < -0.4 is 11.1 Å². The molecule has 1 heterocycles. The molecule has 0 saturated heterocycles. The van der Waals surface area contributed by atoms with Crippen molar-refractivity contribution in [3.8, 4) is 0 Å². The second-order valence-electron chi connectivity index (χ2n) is 1.46. The molecule has 0 aromatic carbocycles. The molecule has 0 amide bonds. The lowest BCUT2D eigenvalue weighted by atomic mass is 10.6. The van der Waals surface area contributed by atoms with E-state index in [0.717, 1.165) is 0 Å². The Morgan fingerprint density at radius 2 is 2.44 bits per heavy atom. The van der Waals surface area contributed by atoms with E-state index in [1.54, 1.807) is 7.05 Å².